The summed E-state index contributed by atoms with van der Waals surface area (Å²) in [6.45, 7) is 4.12. The van der Waals surface area contributed by atoms with E-state index in [1.807, 2.05) is 19.1 Å². The number of carbonyl (C=O) groups is 1. The molecule has 3 N–H and O–H groups in total. The third-order valence-electron chi connectivity index (χ3n) is 5.49. The minimum atomic E-state index is -0.217. The lowest BCUT2D eigenvalue weighted by Crippen LogP contribution is -2.14. The van der Waals surface area contributed by atoms with Gasteiger partial charge >= 0.3 is 0 Å². The van der Waals surface area contributed by atoms with E-state index in [9.17, 15) is 4.79 Å². The van der Waals surface area contributed by atoms with Gasteiger partial charge in [0.25, 0.3) is 5.91 Å². The van der Waals surface area contributed by atoms with Crippen LogP contribution in [0.5, 0.6) is 0 Å². The Bertz CT molecular complexity index is 1040. The van der Waals surface area contributed by atoms with Gasteiger partial charge in [-0.25, -0.2) is 4.98 Å². The molecule has 0 saturated carbocycles. The number of nitrogen functional groups attached to an aromatic ring is 1. The first-order chi connectivity index (χ1) is 13.0. The Morgan fingerprint density at radius 2 is 2.26 bits per heavy atom. The number of hydrogen-bond donors (Lipinski definition) is 2. The number of hydrogen-bond acceptors (Lipinski definition) is 4. The average Bonchev–Trinajstić information content (AvgIpc) is 2.99. The van der Waals surface area contributed by atoms with Gasteiger partial charge < -0.3 is 11.1 Å². The molecule has 0 saturated heterocycles. The van der Waals surface area contributed by atoms with Gasteiger partial charge in [-0.1, -0.05) is 31.0 Å². The summed E-state index contributed by atoms with van der Waals surface area (Å²) < 4.78 is 0. The molecule has 0 aliphatic heterocycles. The van der Waals surface area contributed by atoms with E-state index in [1.165, 1.54) is 29.7 Å². The minimum absolute atomic E-state index is 0.217. The highest BCUT2D eigenvalue weighted by atomic mass is 35.5. The zero-order valence-corrected chi connectivity index (χ0v) is 17.0. The largest absolute Gasteiger partial charge is 0.397 e. The van der Waals surface area contributed by atoms with Crippen molar-refractivity contribution in [3.63, 3.8) is 0 Å². The molecule has 2 aromatic heterocycles. The highest BCUT2D eigenvalue weighted by Gasteiger charge is 2.23. The number of thiophene rings is 1. The van der Waals surface area contributed by atoms with Crippen molar-refractivity contribution >= 4 is 50.4 Å². The van der Waals surface area contributed by atoms with Crippen molar-refractivity contribution in [3.8, 4) is 0 Å². The lowest BCUT2D eigenvalue weighted by Gasteiger charge is -2.22. The maximum absolute atomic E-state index is 12.8. The molecule has 0 bridgehead atoms. The van der Waals surface area contributed by atoms with E-state index in [4.69, 9.17) is 22.3 Å². The number of anilines is 2. The number of rotatable bonds is 3. The van der Waals surface area contributed by atoms with E-state index in [0.717, 1.165) is 34.3 Å². The van der Waals surface area contributed by atoms with Gasteiger partial charge in [0.1, 0.15) is 9.71 Å². The smallest absolute Gasteiger partial charge is 0.267 e. The van der Waals surface area contributed by atoms with Gasteiger partial charge in [0.2, 0.25) is 0 Å². The fourth-order valence-corrected chi connectivity index (χ4v) is 4.87. The normalized spacial score (nSPS) is 16.3. The van der Waals surface area contributed by atoms with Gasteiger partial charge in [-0.05, 0) is 61.4 Å². The molecule has 27 heavy (non-hydrogen) atoms. The number of carbonyl (C=O) groups excluding carboxylic acids is 1. The zero-order valence-electron chi connectivity index (χ0n) is 15.4. The SMILES string of the molecule is CCC1CCc2nc3sc(C(=O)Nc4cccc(Cl)c4C)c(N)c3cc2C1. The van der Waals surface area contributed by atoms with Crippen LogP contribution in [0.1, 0.15) is 46.3 Å². The van der Waals surface area contributed by atoms with E-state index >= 15 is 0 Å². The second-order valence-corrected chi connectivity index (χ2v) is 8.58. The standard InChI is InChI=1S/C21H22ClN3OS/c1-3-12-7-8-17-13(9-12)10-14-18(23)19(27-21(14)25-17)20(26)24-16-6-4-5-15(22)11(16)2/h4-6,10,12H,3,7-9,23H2,1-2H3,(H,24,26). The lowest BCUT2D eigenvalue weighted by molar-refractivity contribution is 0.103. The minimum Gasteiger partial charge on any atom is -0.397 e. The van der Waals surface area contributed by atoms with Gasteiger partial charge in [-0.15, -0.1) is 11.3 Å². The first-order valence-corrected chi connectivity index (χ1v) is 10.4. The molecule has 1 aliphatic carbocycles. The summed E-state index contributed by atoms with van der Waals surface area (Å²) in [5.74, 6) is 0.496. The highest BCUT2D eigenvalue weighted by molar-refractivity contribution is 7.21. The predicted molar refractivity (Wildman–Crippen MR) is 114 cm³/mol. The number of nitrogens with zero attached hydrogens (tertiary/aromatic N) is 1. The van der Waals surface area contributed by atoms with Crippen LogP contribution in [0.15, 0.2) is 24.3 Å². The van der Waals surface area contributed by atoms with Gasteiger partial charge in [-0.2, -0.15) is 0 Å². The molecule has 1 unspecified atom stereocenters. The number of aromatic nitrogens is 1. The number of aryl methyl sites for hydroxylation is 1. The number of benzene rings is 1. The predicted octanol–water partition coefficient (Wildman–Crippen LogP) is 5.61. The van der Waals surface area contributed by atoms with Crippen LogP contribution in [0.25, 0.3) is 10.2 Å². The summed E-state index contributed by atoms with van der Waals surface area (Å²) in [5.41, 5.74) is 10.8. The van der Waals surface area contributed by atoms with Crippen molar-refractivity contribution in [3.05, 3.63) is 51.0 Å². The molecule has 0 fully saturated rings. The van der Waals surface area contributed by atoms with Crippen LogP contribution in [-0.4, -0.2) is 10.9 Å². The van der Waals surface area contributed by atoms with E-state index in [-0.39, 0.29) is 5.91 Å². The quantitative estimate of drug-likeness (QED) is 0.601. The van der Waals surface area contributed by atoms with Gasteiger partial charge in [0.15, 0.2) is 0 Å². The molecule has 1 aromatic carbocycles. The molecule has 2 heterocycles. The Kier molecular flexibility index (Phi) is 4.82. The van der Waals surface area contributed by atoms with Crippen LogP contribution in [0.3, 0.4) is 0 Å². The van der Waals surface area contributed by atoms with Crippen molar-refractivity contribution in [2.24, 2.45) is 5.92 Å². The number of halogens is 1. The molecule has 0 spiro atoms. The Hall–Kier alpha value is -2.11. The fourth-order valence-electron chi connectivity index (χ4n) is 3.70. The molecule has 140 valence electrons. The lowest BCUT2D eigenvalue weighted by atomic mass is 9.85. The maximum Gasteiger partial charge on any atom is 0.267 e. The number of fused-ring (bicyclic) bond motifs is 2. The number of nitrogens with one attached hydrogen (secondary N) is 1. The van der Waals surface area contributed by atoms with Crippen LogP contribution in [-0.2, 0) is 12.8 Å². The Labute approximate surface area is 167 Å². The first-order valence-electron chi connectivity index (χ1n) is 9.25. The van der Waals surface area contributed by atoms with Gasteiger partial charge in [0.05, 0.1) is 5.69 Å². The molecule has 1 amide bonds. The molecular weight excluding hydrogens is 378 g/mol. The zero-order chi connectivity index (χ0) is 19.1. The summed E-state index contributed by atoms with van der Waals surface area (Å²) in [7, 11) is 0. The van der Waals surface area contributed by atoms with E-state index in [0.29, 0.717) is 27.2 Å². The van der Waals surface area contributed by atoms with Gasteiger partial charge in [-0.3, -0.25) is 4.79 Å². The molecule has 4 rings (SSSR count). The second kappa shape index (κ2) is 7.13. The number of pyridine rings is 1. The molecule has 0 radical (unpaired) electrons. The molecular formula is C21H22ClN3OS. The second-order valence-electron chi connectivity index (χ2n) is 7.18. The van der Waals surface area contributed by atoms with Crippen LogP contribution >= 0.6 is 22.9 Å². The molecule has 1 atom stereocenters. The van der Waals surface area contributed by atoms with Crippen molar-refractivity contribution < 1.29 is 4.79 Å². The summed E-state index contributed by atoms with van der Waals surface area (Å²) in [4.78, 5) is 19.0. The van der Waals surface area contributed by atoms with E-state index in [1.54, 1.807) is 6.07 Å². The topological polar surface area (TPSA) is 68.0 Å². The summed E-state index contributed by atoms with van der Waals surface area (Å²) in [5, 5.41) is 4.45. The summed E-state index contributed by atoms with van der Waals surface area (Å²) >= 11 is 7.51. The molecule has 6 heteroatoms. The van der Waals surface area contributed by atoms with Crippen molar-refractivity contribution in [1.82, 2.24) is 4.98 Å². The Morgan fingerprint density at radius 1 is 1.44 bits per heavy atom. The van der Waals surface area contributed by atoms with E-state index < -0.39 is 0 Å². The fraction of sp³-hybridized carbons (Fsp3) is 0.333. The van der Waals surface area contributed by atoms with Crippen LogP contribution < -0.4 is 11.1 Å². The Morgan fingerprint density at radius 3 is 3.04 bits per heavy atom. The highest BCUT2D eigenvalue weighted by Crippen LogP contribution is 2.37. The van der Waals surface area contributed by atoms with Crippen molar-refractivity contribution in [1.29, 1.82) is 0 Å². The molecule has 3 aromatic rings. The third kappa shape index (κ3) is 3.30. The van der Waals surface area contributed by atoms with Gasteiger partial charge in [0, 0.05) is 21.8 Å². The number of amides is 1. The molecule has 4 nitrogen and oxygen atoms in total. The first kappa shape index (κ1) is 18.3. The molecule has 1 aliphatic rings. The summed E-state index contributed by atoms with van der Waals surface area (Å²) in [6, 6.07) is 7.61. The number of nitrogens with two attached hydrogens (primary N) is 1. The third-order valence-corrected chi connectivity index (χ3v) is 7.01. The van der Waals surface area contributed by atoms with Crippen molar-refractivity contribution in [2.45, 2.75) is 39.5 Å². The van der Waals surface area contributed by atoms with E-state index in [2.05, 4.69) is 18.3 Å². The summed E-state index contributed by atoms with van der Waals surface area (Å²) in [6.07, 6.45) is 4.42. The van der Waals surface area contributed by atoms with Crippen LogP contribution in [0.2, 0.25) is 5.02 Å². The van der Waals surface area contributed by atoms with Crippen LogP contribution in [0.4, 0.5) is 11.4 Å². The Balaban J connectivity index is 1.69. The monoisotopic (exact) mass is 399 g/mol. The average molecular weight is 400 g/mol. The van der Waals surface area contributed by atoms with Crippen molar-refractivity contribution in [2.75, 3.05) is 11.1 Å². The van der Waals surface area contributed by atoms with Crippen LogP contribution in [0, 0.1) is 12.8 Å². The maximum atomic E-state index is 12.8.